The second kappa shape index (κ2) is 6.03. The highest BCUT2D eigenvalue weighted by Crippen LogP contribution is 2.27. The molecule has 4 aromatic rings. The average molecular weight is 353 g/mol. The maximum atomic E-state index is 14.0. The van der Waals surface area contributed by atoms with Crippen LogP contribution in [0.25, 0.3) is 22.6 Å². The van der Waals surface area contributed by atoms with Crippen molar-refractivity contribution >= 4 is 22.5 Å². The molecule has 9 heteroatoms. The van der Waals surface area contributed by atoms with Crippen LogP contribution in [-0.4, -0.2) is 24.7 Å². The fourth-order valence-corrected chi connectivity index (χ4v) is 2.62. The van der Waals surface area contributed by atoms with Gasteiger partial charge in [-0.25, -0.2) is 28.4 Å². The molecule has 1 aromatic carbocycles. The van der Waals surface area contributed by atoms with Gasteiger partial charge in [-0.2, -0.15) is 5.10 Å². The van der Waals surface area contributed by atoms with Gasteiger partial charge in [0.15, 0.2) is 17.3 Å². The number of nitrogens with zero attached hydrogens (tertiary/aromatic N) is 5. The molecule has 0 aliphatic heterocycles. The van der Waals surface area contributed by atoms with Crippen molar-refractivity contribution in [3.8, 4) is 11.5 Å². The molecule has 0 atom stereocenters. The summed E-state index contributed by atoms with van der Waals surface area (Å²) in [5.41, 5.74) is 12.7. The third kappa shape index (κ3) is 2.69. The Labute approximate surface area is 146 Å². The highest BCUT2D eigenvalue weighted by molar-refractivity contribution is 5.89. The van der Waals surface area contributed by atoms with Crippen molar-refractivity contribution < 1.29 is 8.78 Å². The average Bonchev–Trinajstić information content (AvgIpc) is 2.97. The number of hydrogen-bond acceptors (Lipinski definition) is 6. The molecule has 0 radical (unpaired) electrons. The fourth-order valence-electron chi connectivity index (χ4n) is 2.62. The van der Waals surface area contributed by atoms with Crippen molar-refractivity contribution in [2.24, 2.45) is 0 Å². The molecular weight excluding hydrogens is 340 g/mol. The van der Waals surface area contributed by atoms with Crippen molar-refractivity contribution in [1.82, 2.24) is 24.7 Å². The van der Waals surface area contributed by atoms with Crippen molar-refractivity contribution in [2.45, 2.75) is 6.54 Å². The Hall–Kier alpha value is -3.62. The number of halogens is 2. The van der Waals surface area contributed by atoms with Gasteiger partial charge in [-0.05, 0) is 12.1 Å². The van der Waals surface area contributed by atoms with Gasteiger partial charge in [0, 0.05) is 5.56 Å². The molecule has 0 aliphatic rings. The third-order valence-corrected chi connectivity index (χ3v) is 3.89. The number of benzene rings is 1. The van der Waals surface area contributed by atoms with Gasteiger partial charge in [0.25, 0.3) is 0 Å². The maximum absolute atomic E-state index is 14.0. The number of rotatable bonds is 3. The van der Waals surface area contributed by atoms with Gasteiger partial charge in [-0.3, -0.25) is 0 Å². The number of fused-ring (bicyclic) bond motifs is 1. The largest absolute Gasteiger partial charge is 0.394 e. The molecule has 4 N–H and O–H groups in total. The molecule has 0 spiro atoms. The van der Waals surface area contributed by atoms with Crippen LogP contribution in [0.4, 0.5) is 20.3 Å². The number of anilines is 2. The van der Waals surface area contributed by atoms with Crippen LogP contribution >= 0.6 is 0 Å². The third-order valence-electron chi connectivity index (χ3n) is 3.89. The van der Waals surface area contributed by atoms with E-state index in [4.69, 9.17) is 11.5 Å². The SMILES string of the molecule is Nc1cnc(-c2nn(Cc3ccccc3F)c3ncc(F)cc23)nc1N. The summed E-state index contributed by atoms with van der Waals surface area (Å²) in [6, 6.07) is 7.60. The van der Waals surface area contributed by atoms with E-state index in [1.807, 2.05) is 0 Å². The van der Waals surface area contributed by atoms with E-state index in [1.165, 1.54) is 23.0 Å². The van der Waals surface area contributed by atoms with Crippen LogP contribution in [0.3, 0.4) is 0 Å². The maximum Gasteiger partial charge on any atom is 0.182 e. The molecule has 0 bridgehead atoms. The van der Waals surface area contributed by atoms with Crippen LogP contribution in [0.15, 0.2) is 42.7 Å². The van der Waals surface area contributed by atoms with Crippen LogP contribution in [-0.2, 0) is 6.54 Å². The van der Waals surface area contributed by atoms with Crippen LogP contribution in [0, 0.1) is 11.6 Å². The summed E-state index contributed by atoms with van der Waals surface area (Å²) in [5.74, 6) is -0.627. The van der Waals surface area contributed by atoms with Crippen molar-refractivity contribution in [3.63, 3.8) is 0 Å². The molecule has 130 valence electrons. The minimum Gasteiger partial charge on any atom is -0.394 e. The number of nitrogens with two attached hydrogens (primary N) is 2. The predicted molar refractivity (Wildman–Crippen MR) is 92.8 cm³/mol. The van der Waals surface area contributed by atoms with E-state index < -0.39 is 5.82 Å². The van der Waals surface area contributed by atoms with E-state index in [0.717, 1.165) is 6.20 Å². The number of aromatic nitrogens is 5. The molecule has 0 amide bonds. The molecular formula is C17H13F2N7. The van der Waals surface area contributed by atoms with E-state index in [0.29, 0.717) is 16.6 Å². The normalized spacial score (nSPS) is 11.2. The van der Waals surface area contributed by atoms with Crippen LogP contribution < -0.4 is 11.5 Å². The number of pyridine rings is 1. The van der Waals surface area contributed by atoms with Gasteiger partial charge in [0.1, 0.15) is 17.3 Å². The van der Waals surface area contributed by atoms with Gasteiger partial charge in [0.2, 0.25) is 0 Å². The van der Waals surface area contributed by atoms with Crippen molar-refractivity contribution in [3.05, 3.63) is 59.9 Å². The minimum atomic E-state index is -0.535. The molecule has 0 fully saturated rings. The zero-order valence-electron chi connectivity index (χ0n) is 13.4. The van der Waals surface area contributed by atoms with Gasteiger partial charge < -0.3 is 11.5 Å². The van der Waals surface area contributed by atoms with E-state index >= 15 is 0 Å². The smallest absolute Gasteiger partial charge is 0.182 e. The van der Waals surface area contributed by atoms with E-state index in [1.54, 1.807) is 18.2 Å². The number of nitrogen functional groups attached to an aromatic ring is 2. The lowest BCUT2D eigenvalue weighted by atomic mass is 10.2. The Kier molecular flexibility index (Phi) is 3.68. The molecule has 4 rings (SSSR count). The molecule has 3 heterocycles. The summed E-state index contributed by atoms with van der Waals surface area (Å²) >= 11 is 0. The van der Waals surface area contributed by atoms with Gasteiger partial charge in [-0.1, -0.05) is 18.2 Å². The van der Waals surface area contributed by atoms with E-state index in [9.17, 15) is 8.78 Å². The van der Waals surface area contributed by atoms with Crippen LogP contribution in [0.2, 0.25) is 0 Å². The first-order valence-electron chi connectivity index (χ1n) is 7.67. The Morgan fingerprint density at radius 3 is 2.62 bits per heavy atom. The predicted octanol–water partition coefficient (Wildman–Crippen LogP) is 2.38. The Morgan fingerprint density at radius 1 is 1.04 bits per heavy atom. The number of hydrogen-bond donors (Lipinski definition) is 2. The van der Waals surface area contributed by atoms with Gasteiger partial charge in [0.05, 0.1) is 30.0 Å². The Bertz CT molecular complexity index is 1120. The first-order valence-corrected chi connectivity index (χ1v) is 7.67. The van der Waals surface area contributed by atoms with Crippen molar-refractivity contribution in [2.75, 3.05) is 11.5 Å². The zero-order chi connectivity index (χ0) is 18.3. The van der Waals surface area contributed by atoms with Crippen molar-refractivity contribution in [1.29, 1.82) is 0 Å². The lowest BCUT2D eigenvalue weighted by Crippen LogP contribution is -2.05. The summed E-state index contributed by atoms with van der Waals surface area (Å²) in [6.07, 6.45) is 2.43. The highest BCUT2D eigenvalue weighted by Gasteiger charge is 2.18. The summed E-state index contributed by atoms with van der Waals surface area (Å²) in [7, 11) is 0. The lowest BCUT2D eigenvalue weighted by molar-refractivity contribution is 0.588. The molecule has 7 nitrogen and oxygen atoms in total. The topological polar surface area (TPSA) is 109 Å². The second-order valence-corrected chi connectivity index (χ2v) is 5.66. The minimum absolute atomic E-state index is 0.0937. The summed E-state index contributed by atoms with van der Waals surface area (Å²) in [4.78, 5) is 12.3. The molecule has 26 heavy (non-hydrogen) atoms. The molecule has 3 aromatic heterocycles. The molecule has 0 saturated heterocycles. The van der Waals surface area contributed by atoms with E-state index in [2.05, 4.69) is 20.1 Å². The summed E-state index contributed by atoms with van der Waals surface area (Å²) in [5, 5.41) is 4.80. The Balaban J connectivity index is 1.89. The zero-order valence-corrected chi connectivity index (χ0v) is 13.4. The first-order chi connectivity index (χ1) is 12.5. The standard InChI is InChI=1S/C17H13F2N7/c18-10-5-11-14(16-22-7-13(20)15(21)24-16)25-26(17(11)23-6-10)8-9-3-1-2-4-12(9)19/h1-7H,8,20H2,(H2,21,22,24). The monoisotopic (exact) mass is 353 g/mol. The lowest BCUT2D eigenvalue weighted by Gasteiger charge is -2.04. The van der Waals surface area contributed by atoms with Gasteiger partial charge in [-0.15, -0.1) is 0 Å². The summed E-state index contributed by atoms with van der Waals surface area (Å²) < 4.78 is 29.2. The fraction of sp³-hybridized carbons (Fsp3) is 0.0588. The second-order valence-electron chi connectivity index (χ2n) is 5.66. The highest BCUT2D eigenvalue weighted by atomic mass is 19.1. The van der Waals surface area contributed by atoms with Crippen LogP contribution in [0.1, 0.15) is 5.56 Å². The van der Waals surface area contributed by atoms with Crippen LogP contribution in [0.5, 0.6) is 0 Å². The first kappa shape index (κ1) is 15.9. The van der Waals surface area contributed by atoms with E-state index in [-0.39, 0.29) is 35.4 Å². The molecule has 0 aliphatic carbocycles. The van der Waals surface area contributed by atoms with Gasteiger partial charge >= 0.3 is 0 Å². The molecule has 0 saturated carbocycles. The quantitative estimate of drug-likeness (QED) is 0.585. The summed E-state index contributed by atoms with van der Waals surface area (Å²) in [6.45, 7) is 0.117. The molecule has 0 unspecified atom stereocenters. The Morgan fingerprint density at radius 2 is 1.85 bits per heavy atom.